The summed E-state index contributed by atoms with van der Waals surface area (Å²) < 4.78 is 6.35. The van der Waals surface area contributed by atoms with E-state index in [1.54, 1.807) is 11.3 Å². The van der Waals surface area contributed by atoms with Gasteiger partial charge in [0.1, 0.15) is 12.1 Å². The van der Waals surface area contributed by atoms with Gasteiger partial charge in [-0.3, -0.25) is 4.79 Å². The molecule has 0 fully saturated rings. The van der Waals surface area contributed by atoms with E-state index in [-0.39, 0.29) is 11.4 Å². The van der Waals surface area contributed by atoms with Gasteiger partial charge < -0.3 is 4.52 Å². The summed E-state index contributed by atoms with van der Waals surface area (Å²) >= 11 is 2.60. The van der Waals surface area contributed by atoms with E-state index in [0.29, 0.717) is 11.7 Å². The van der Waals surface area contributed by atoms with Crippen LogP contribution >= 0.6 is 22.7 Å². The molecule has 0 saturated heterocycles. The van der Waals surface area contributed by atoms with E-state index in [2.05, 4.69) is 15.2 Å². The van der Waals surface area contributed by atoms with Gasteiger partial charge in [0.15, 0.2) is 0 Å². The normalized spacial score (nSPS) is 10.8. The maximum absolute atomic E-state index is 11.3. The Balaban J connectivity index is 1.86. The lowest BCUT2D eigenvalue weighted by molar-refractivity contribution is 0.365. The van der Waals surface area contributed by atoms with Crippen LogP contribution in [0.2, 0.25) is 0 Å². The average molecular weight is 266 g/mol. The summed E-state index contributed by atoms with van der Waals surface area (Å²) in [5, 5.41) is 11.6. The van der Waals surface area contributed by atoms with Crippen molar-refractivity contribution < 1.29 is 4.52 Å². The zero-order chi connectivity index (χ0) is 11.7. The minimum atomic E-state index is -0.139. The first-order valence-corrected chi connectivity index (χ1v) is 6.51. The maximum atomic E-state index is 11.3. The zero-order valence-corrected chi connectivity index (χ0v) is 10.1. The van der Waals surface area contributed by atoms with Crippen LogP contribution < -0.4 is 4.87 Å². The van der Waals surface area contributed by atoms with Crippen molar-refractivity contribution in [1.29, 1.82) is 0 Å². The van der Waals surface area contributed by atoms with Gasteiger partial charge in [-0.2, -0.15) is 21.4 Å². The summed E-state index contributed by atoms with van der Waals surface area (Å²) in [7, 11) is 0. The Bertz CT molecular complexity index is 667. The van der Waals surface area contributed by atoms with Gasteiger partial charge in [-0.05, 0) is 11.4 Å². The highest BCUT2D eigenvalue weighted by molar-refractivity contribution is 7.08. The molecule has 0 bridgehead atoms. The second kappa shape index (κ2) is 4.22. The fourth-order valence-electron chi connectivity index (χ4n) is 1.30. The molecule has 0 aliphatic carbocycles. The number of thiophene rings is 1. The quantitative estimate of drug-likeness (QED) is 0.717. The number of rotatable bonds is 3. The largest absolute Gasteiger partial charge is 0.337 e. The Labute approximate surface area is 103 Å². The molecular weight excluding hydrogens is 260 g/mol. The molecule has 0 spiro atoms. The first-order chi connectivity index (χ1) is 8.33. The van der Waals surface area contributed by atoms with Crippen LogP contribution in [0.15, 0.2) is 31.7 Å². The second-order valence-corrected chi connectivity index (χ2v) is 4.76. The van der Waals surface area contributed by atoms with Crippen LogP contribution in [0, 0.1) is 0 Å². The molecule has 6 nitrogen and oxygen atoms in total. The molecule has 3 heterocycles. The lowest BCUT2D eigenvalue weighted by atomic mass is 10.3. The smallest absolute Gasteiger partial charge is 0.325 e. The lowest BCUT2D eigenvalue weighted by Crippen LogP contribution is -2.15. The van der Waals surface area contributed by atoms with E-state index < -0.39 is 0 Å². The summed E-state index contributed by atoms with van der Waals surface area (Å²) in [5.41, 5.74) is 2.40. The van der Waals surface area contributed by atoms with Crippen molar-refractivity contribution in [3.05, 3.63) is 37.9 Å². The predicted molar refractivity (Wildman–Crippen MR) is 63.1 cm³/mol. The van der Waals surface area contributed by atoms with Crippen LogP contribution in [0.5, 0.6) is 0 Å². The third-order valence-corrected chi connectivity index (χ3v) is 3.38. The Morgan fingerprint density at radius 2 is 2.41 bits per heavy atom. The molecule has 0 aliphatic heterocycles. The third-order valence-electron chi connectivity index (χ3n) is 2.08. The monoisotopic (exact) mass is 266 g/mol. The Hall–Kier alpha value is -1.80. The summed E-state index contributed by atoms with van der Waals surface area (Å²) in [6.45, 7) is 0.208. The molecule has 0 amide bonds. The lowest BCUT2D eigenvalue weighted by Gasteiger charge is -1.91. The van der Waals surface area contributed by atoms with Gasteiger partial charge in [0, 0.05) is 10.9 Å². The fourth-order valence-corrected chi connectivity index (χ4v) is 2.41. The highest BCUT2D eigenvalue weighted by Gasteiger charge is 2.10. The molecule has 0 radical (unpaired) electrons. The number of hydrogen-bond donors (Lipinski definition) is 0. The van der Waals surface area contributed by atoms with Crippen LogP contribution in [0.3, 0.4) is 0 Å². The van der Waals surface area contributed by atoms with E-state index in [1.807, 2.05) is 16.8 Å². The molecule has 86 valence electrons. The predicted octanol–water partition coefficient (Wildman–Crippen LogP) is 1.46. The van der Waals surface area contributed by atoms with E-state index >= 15 is 0 Å². The second-order valence-electron chi connectivity index (χ2n) is 3.19. The highest BCUT2D eigenvalue weighted by Crippen LogP contribution is 2.18. The van der Waals surface area contributed by atoms with Gasteiger partial charge in [-0.1, -0.05) is 16.5 Å². The Morgan fingerprint density at radius 1 is 1.47 bits per heavy atom. The molecule has 8 heteroatoms. The van der Waals surface area contributed by atoms with Crippen molar-refractivity contribution >= 4 is 22.7 Å². The van der Waals surface area contributed by atoms with Crippen LogP contribution in [0.1, 0.15) is 5.89 Å². The van der Waals surface area contributed by atoms with E-state index in [0.717, 1.165) is 16.9 Å². The number of hydrogen-bond acceptors (Lipinski definition) is 7. The molecule has 0 atom stereocenters. The minimum absolute atomic E-state index is 0.139. The van der Waals surface area contributed by atoms with Crippen molar-refractivity contribution in [2.24, 2.45) is 0 Å². The van der Waals surface area contributed by atoms with E-state index in [9.17, 15) is 4.79 Å². The van der Waals surface area contributed by atoms with Gasteiger partial charge in [0.05, 0.1) is 0 Å². The molecule has 3 aromatic heterocycles. The van der Waals surface area contributed by atoms with Crippen molar-refractivity contribution in [3.8, 4) is 11.4 Å². The molecule has 0 unspecified atom stereocenters. The maximum Gasteiger partial charge on any atom is 0.325 e. The summed E-state index contributed by atoms with van der Waals surface area (Å²) in [6.07, 6.45) is 0. The van der Waals surface area contributed by atoms with Gasteiger partial charge in [0.2, 0.25) is 11.7 Å². The molecule has 3 rings (SSSR count). The molecule has 0 N–H and O–H groups in total. The van der Waals surface area contributed by atoms with Gasteiger partial charge in [-0.25, -0.2) is 4.68 Å². The third kappa shape index (κ3) is 2.04. The van der Waals surface area contributed by atoms with E-state index in [1.165, 1.54) is 10.2 Å². The van der Waals surface area contributed by atoms with Crippen LogP contribution in [0.4, 0.5) is 0 Å². The van der Waals surface area contributed by atoms with Crippen molar-refractivity contribution in [2.75, 3.05) is 0 Å². The van der Waals surface area contributed by atoms with Crippen LogP contribution in [-0.4, -0.2) is 19.9 Å². The highest BCUT2D eigenvalue weighted by atomic mass is 32.1. The van der Waals surface area contributed by atoms with Crippen LogP contribution in [-0.2, 0) is 6.54 Å². The SMILES string of the molecule is O=c1scnn1Cc1nc(-c2ccsc2)no1. The minimum Gasteiger partial charge on any atom is -0.337 e. The van der Waals surface area contributed by atoms with Crippen molar-refractivity contribution in [2.45, 2.75) is 6.54 Å². The number of nitrogens with zero attached hydrogens (tertiary/aromatic N) is 4. The summed E-state index contributed by atoms with van der Waals surface area (Å²) in [5.74, 6) is 0.906. The Morgan fingerprint density at radius 3 is 3.12 bits per heavy atom. The average Bonchev–Trinajstić information content (AvgIpc) is 3.02. The number of aromatic nitrogens is 4. The van der Waals surface area contributed by atoms with E-state index in [4.69, 9.17) is 4.52 Å². The summed E-state index contributed by atoms with van der Waals surface area (Å²) in [6, 6.07) is 1.91. The zero-order valence-electron chi connectivity index (χ0n) is 8.44. The van der Waals surface area contributed by atoms with Crippen LogP contribution in [0.25, 0.3) is 11.4 Å². The standard InChI is InChI=1S/C9H6N4O2S2/c14-9-13(10-5-17-9)3-7-11-8(12-15-7)6-1-2-16-4-6/h1-2,4-5H,3H2. The topological polar surface area (TPSA) is 73.8 Å². The first-order valence-electron chi connectivity index (χ1n) is 4.69. The fraction of sp³-hybridized carbons (Fsp3) is 0.111. The van der Waals surface area contributed by atoms with Crippen molar-refractivity contribution in [3.63, 3.8) is 0 Å². The molecular formula is C9H6N4O2S2. The molecule has 17 heavy (non-hydrogen) atoms. The van der Waals surface area contributed by atoms with Gasteiger partial charge in [0.25, 0.3) is 0 Å². The summed E-state index contributed by atoms with van der Waals surface area (Å²) in [4.78, 5) is 15.4. The Kier molecular flexibility index (Phi) is 2.57. The molecule has 0 saturated carbocycles. The molecule has 3 aromatic rings. The molecule has 0 aromatic carbocycles. The molecule has 0 aliphatic rings. The van der Waals surface area contributed by atoms with Gasteiger partial charge in [-0.15, -0.1) is 0 Å². The van der Waals surface area contributed by atoms with Gasteiger partial charge >= 0.3 is 4.87 Å². The first kappa shape index (κ1) is 10.4. The van der Waals surface area contributed by atoms with Crippen molar-refractivity contribution in [1.82, 2.24) is 19.9 Å².